The Morgan fingerprint density at radius 2 is 1.31 bits per heavy atom. The molecule has 0 atom stereocenters. The molecule has 0 aliphatic carbocycles. The second-order valence-electron chi connectivity index (χ2n) is 3.76. The molecule has 0 amide bonds. The quantitative estimate of drug-likeness (QED) is 0.416. The number of hydrogen-bond acceptors (Lipinski definition) is 3. The summed E-state index contributed by atoms with van der Waals surface area (Å²) in [5.41, 5.74) is 12.5. The van der Waals surface area contributed by atoms with Crippen molar-refractivity contribution in [2.24, 2.45) is 5.84 Å². The normalized spacial score (nSPS) is 10.1. The van der Waals surface area contributed by atoms with Crippen LogP contribution in [0.5, 0.6) is 0 Å². The van der Waals surface area contributed by atoms with Gasteiger partial charge in [0.25, 0.3) is 0 Å². The van der Waals surface area contributed by atoms with Gasteiger partial charge in [0.1, 0.15) is 0 Å². The maximum absolute atomic E-state index is 5.64. The van der Waals surface area contributed by atoms with Crippen LogP contribution in [0.4, 0.5) is 11.4 Å². The van der Waals surface area contributed by atoms with E-state index in [1.807, 2.05) is 36.4 Å². The highest BCUT2D eigenvalue weighted by Crippen LogP contribution is 2.14. The average Bonchev–Trinajstić information content (AvgIpc) is 2.33. The fourth-order valence-electron chi connectivity index (χ4n) is 1.59. The number of anilines is 2. The number of rotatable bonds is 3. The highest BCUT2D eigenvalue weighted by Gasteiger charge is 1.96. The van der Waals surface area contributed by atoms with Crippen LogP contribution in [0.25, 0.3) is 0 Å². The second kappa shape index (κ2) is 4.68. The molecular weight excluding hydrogens is 198 g/mol. The number of nitrogens with two attached hydrogens (primary N) is 2. The highest BCUT2D eigenvalue weighted by atomic mass is 15.2. The summed E-state index contributed by atoms with van der Waals surface area (Å²) in [5, 5.41) is 0. The lowest BCUT2D eigenvalue weighted by atomic mass is 10.0. The van der Waals surface area contributed by atoms with E-state index in [2.05, 4.69) is 17.6 Å². The second-order valence-corrected chi connectivity index (χ2v) is 3.76. The first-order chi connectivity index (χ1) is 7.78. The first-order valence-corrected chi connectivity index (χ1v) is 5.18. The molecule has 0 saturated heterocycles. The minimum atomic E-state index is 0.798. The summed E-state index contributed by atoms with van der Waals surface area (Å²) < 4.78 is 0. The number of nitrogens with one attached hydrogen (secondary N) is 1. The zero-order valence-corrected chi connectivity index (χ0v) is 8.98. The first kappa shape index (κ1) is 10.5. The van der Waals surface area contributed by atoms with Crippen molar-refractivity contribution in [2.45, 2.75) is 6.42 Å². The molecule has 2 aromatic rings. The Morgan fingerprint density at radius 1 is 0.812 bits per heavy atom. The molecule has 5 N–H and O–H groups in total. The van der Waals surface area contributed by atoms with Gasteiger partial charge in [-0.15, -0.1) is 0 Å². The summed E-state index contributed by atoms with van der Waals surface area (Å²) in [7, 11) is 0. The van der Waals surface area contributed by atoms with Gasteiger partial charge in [0.15, 0.2) is 0 Å². The number of nitrogen functional groups attached to an aromatic ring is 2. The molecule has 2 rings (SSSR count). The maximum atomic E-state index is 5.64. The summed E-state index contributed by atoms with van der Waals surface area (Å²) in [4.78, 5) is 0. The van der Waals surface area contributed by atoms with E-state index in [0.29, 0.717) is 0 Å². The van der Waals surface area contributed by atoms with E-state index < -0.39 is 0 Å². The third kappa shape index (κ3) is 2.52. The maximum Gasteiger partial charge on any atom is 0.0485 e. The van der Waals surface area contributed by atoms with E-state index >= 15 is 0 Å². The predicted molar refractivity (Wildman–Crippen MR) is 67.9 cm³/mol. The van der Waals surface area contributed by atoms with Gasteiger partial charge in [-0.2, -0.15) is 0 Å². The van der Waals surface area contributed by atoms with Crippen LogP contribution < -0.4 is 17.0 Å². The lowest BCUT2D eigenvalue weighted by molar-refractivity contribution is 1.19. The van der Waals surface area contributed by atoms with E-state index in [9.17, 15) is 0 Å². The topological polar surface area (TPSA) is 64.1 Å². The summed E-state index contributed by atoms with van der Waals surface area (Å²) in [6.45, 7) is 0. The molecule has 3 nitrogen and oxygen atoms in total. The fourth-order valence-corrected chi connectivity index (χ4v) is 1.59. The lowest BCUT2D eigenvalue weighted by Gasteiger charge is -2.04. The van der Waals surface area contributed by atoms with E-state index in [1.54, 1.807) is 0 Å². The fraction of sp³-hybridized carbons (Fsp3) is 0.0769. The lowest BCUT2D eigenvalue weighted by Crippen LogP contribution is -2.06. The van der Waals surface area contributed by atoms with E-state index in [-0.39, 0.29) is 0 Å². The van der Waals surface area contributed by atoms with Crippen LogP contribution in [-0.2, 0) is 6.42 Å². The van der Waals surface area contributed by atoms with Crippen LogP contribution in [-0.4, -0.2) is 0 Å². The average molecular weight is 213 g/mol. The zero-order chi connectivity index (χ0) is 11.4. The van der Waals surface area contributed by atoms with Crippen LogP contribution in [0.2, 0.25) is 0 Å². The van der Waals surface area contributed by atoms with Gasteiger partial charge in [-0.25, -0.2) is 0 Å². The van der Waals surface area contributed by atoms with Gasteiger partial charge >= 0.3 is 0 Å². The summed E-state index contributed by atoms with van der Waals surface area (Å²) in [6.07, 6.45) is 0.908. The SMILES string of the molecule is NNc1ccc(Cc2ccc(N)cc2)cc1. The molecule has 82 valence electrons. The Labute approximate surface area is 95.1 Å². The van der Waals surface area contributed by atoms with Crippen molar-refractivity contribution in [1.82, 2.24) is 0 Å². The van der Waals surface area contributed by atoms with Gasteiger partial charge in [-0.05, 0) is 41.8 Å². The van der Waals surface area contributed by atoms with Crippen molar-refractivity contribution in [2.75, 3.05) is 11.2 Å². The molecule has 2 aromatic carbocycles. The third-order valence-electron chi connectivity index (χ3n) is 2.51. The van der Waals surface area contributed by atoms with Crippen molar-refractivity contribution < 1.29 is 0 Å². The van der Waals surface area contributed by atoms with Gasteiger partial charge < -0.3 is 11.2 Å². The number of benzene rings is 2. The van der Waals surface area contributed by atoms with Crippen molar-refractivity contribution in [3.8, 4) is 0 Å². The summed E-state index contributed by atoms with van der Waals surface area (Å²) >= 11 is 0. The van der Waals surface area contributed by atoms with E-state index in [1.165, 1.54) is 11.1 Å². The Morgan fingerprint density at radius 3 is 1.81 bits per heavy atom. The minimum absolute atomic E-state index is 0.798. The Kier molecular flexibility index (Phi) is 3.08. The molecule has 0 heterocycles. The molecule has 0 fully saturated rings. The summed E-state index contributed by atoms with van der Waals surface area (Å²) in [5.74, 6) is 5.31. The monoisotopic (exact) mass is 213 g/mol. The molecular formula is C13H15N3. The van der Waals surface area contributed by atoms with Crippen molar-refractivity contribution >= 4 is 11.4 Å². The Hall–Kier alpha value is -2.00. The molecule has 0 aromatic heterocycles. The molecule has 0 bridgehead atoms. The predicted octanol–water partition coefficient (Wildman–Crippen LogP) is 2.15. The highest BCUT2D eigenvalue weighted by molar-refractivity contribution is 5.45. The van der Waals surface area contributed by atoms with Gasteiger partial charge in [0, 0.05) is 11.4 Å². The van der Waals surface area contributed by atoms with Crippen molar-refractivity contribution in [3.63, 3.8) is 0 Å². The molecule has 16 heavy (non-hydrogen) atoms. The molecule has 0 aliphatic heterocycles. The van der Waals surface area contributed by atoms with Crippen LogP contribution in [0.15, 0.2) is 48.5 Å². The smallest absolute Gasteiger partial charge is 0.0485 e. The van der Waals surface area contributed by atoms with E-state index in [0.717, 1.165) is 17.8 Å². The van der Waals surface area contributed by atoms with Crippen LogP contribution in [0, 0.1) is 0 Å². The van der Waals surface area contributed by atoms with Gasteiger partial charge in [0.05, 0.1) is 0 Å². The van der Waals surface area contributed by atoms with Crippen molar-refractivity contribution in [3.05, 3.63) is 59.7 Å². The molecule has 0 radical (unpaired) electrons. The van der Waals surface area contributed by atoms with Gasteiger partial charge in [-0.1, -0.05) is 24.3 Å². The molecule has 0 spiro atoms. The molecule has 0 aliphatic rings. The van der Waals surface area contributed by atoms with Gasteiger partial charge in [0.2, 0.25) is 0 Å². The number of hydrogen-bond donors (Lipinski definition) is 3. The van der Waals surface area contributed by atoms with E-state index in [4.69, 9.17) is 11.6 Å². The molecule has 0 saturated carbocycles. The van der Waals surface area contributed by atoms with Crippen LogP contribution in [0.1, 0.15) is 11.1 Å². The van der Waals surface area contributed by atoms with Crippen LogP contribution in [0.3, 0.4) is 0 Å². The molecule has 3 heteroatoms. The Balaban J connectivity index is 2.11. The third-order valence-corrected chi connectivity index (χ3v) is 2.51. The number of hydrazine groups is 1. The van der Waals surface area contributed by atoms with Crippen LogP contribution >= 0.6 is 0 Å². The zero-order valence-electron chi connectivity index (χ0n) is 8.98. The summed E-state index contributed by atoms with van der Waals surface area (Å²) in [6, 6.07) is 16.0. The first-order valence-electron chi connectivity index (χ1n) is 5.18. The standard InChI is InChI=1S/C13H15N3/c14-12-5-1-10(2-6-12)9-11-3-7-13(16-15)8-4-11/h1-8,16H,9,14-15H2. The minimum Gasteiger partial charge on any atom is -0.399 e. The van der Waals surface area contributed by atoms with Crippen molar-refractivity contribution in [1.29, 1.82) is 0 Å². The van der Waals surface area contributed by atoms with Gasteiger partial charge in [-0.3, -0.25) is 5.84 Å². The largest absolute Gasteiger partial charge is 0.399 e. The Bertz CT molecular complexity index is 446. The molecule has 0 unspecified atom stereocenters.